The molecule has 0 saturated carbocycles. The second-order valence-corrected chi connectivity index (χ2v) is 6.00. The number of anilines is 1. The third-order valence-corrected chi connectivity index (χ3v) is 2.96. The van der Waals surface area contributed by atoms with Gasteiger partial charge in [-0.25, -0.2) is 4.39 Å². The van der Waals surface area contributed by atoms with Crippen LogP contribution in [0.5, 0.6) is 0 Å². The Kier molecular flexibility index (Phi) is 7.15. The number of rotatable bonds is 3. The lowest BCUT2D eigenvalue weighted by Crippen LogP contribution is -2.35. The molecule has 2 N–H and O–H groups in total. The van der Waals surface area contributed by atoms with Crippen molar-refractivity contribution < 1.29 is 15.3 Å². The molecule has 1 heterocycles. The quantitative estimate of drug-likeness (QED) is 0.841. The third-order valence-electron chi connectivity index (χ3n) is 2.96. The maximum Gasteiger partial charge on any atom is 0.293 e. The lowest BCUT2D eigenvalue weighted by Gasteiger charge is -2.24. The largest absolute Gasteiger partial charge is 0.462 e. The van der Waals surface area contributed by atoms with E-state index in [-0.39, 0.29) is 12.8 Å². The van der Waals surface area contributed by atoms with Gasteiger partial charge in [-0.2, -0.15) is 0 Å². The minimum absolute atomic E-state index is 0. The number of halogens is 1. The second kappa shape index (κ2) is 8.62. The minimum Gasteiger partial charge on any atom is -0.462 e. The highest BCUT2D eigenvalue weighted by Gasteiger charge is 2.11. The van der Waals surface area contributed by atoms with Crippen LogP contribution in [0.1, 0.15) is 35.0 Å². The molecular weight excluding hydrogens is 271 g/mol. The van der Waals surface area contributed by atoms with Gasteiger partial charge in [0, 0.05) is 13.2 Å². The molecule has 4 nitrogen and oxygen atoms in total. The number of piperidine rings is 1. The van der Waals surface area contributed by atoms with Crippen LogP contribution in [0.15, 0.2) is 24.3 Å². The van der Waals surface area contributed by atoms with Gasteiger partial charge < -0.3 is 15.4 Å². The summed E-state index contributed by atoms with van der Waals surface area (Å²) in [5, 5.41) is 6.71. The van der Waals surface area contributed by atoms with Gasteiger partial charge in [0.05, 0.1) is 0 Å². The Balaban J connectivity index is 0.000000478. The molecule has 0 amide bonds. The number of carbonyl (C=O) groups is 1. The van der Waals surface area contributed by atoms with Gasteiger partial charge >= 0.3 is 0 Å². The van der Waals surface area contributed by atoms with Gasteiger partial charge in [0.1, 0.15) is 11.4 Å². The Hall–Kier alpha value is -1.62. The molecule has 1 aromatic rings. The number of ether oxygens (including phenoxy) is 1. The molecule has 2 rings (SSSR count). The topological polar surface area (TPSA) is 50.4 Å². The fourth-order valence-corrected chi connectivity index (χ4v) is 1.89. The van der Waals surface area contributed by atoms with Crippen LogP contribution in [0.4, 0.5) is 10.1 Å². The number of hydrogen-bond acceptors (Lipinski definition) is 4. The van der Waals surface area contributed by atoms with Crippen molar-refractivity contribution in [3.63, 3.8) is 0 Å². The predicted octanol–water partition coefficient (Wildman–Crippen LogP) is 3.19. The highest BCUT2D eigenvalue weighted by atomic mass is 19.1. The summed E-state index contributed by atoms with van der Waals surface area (Å²) in [5.74, 6) is -0.180. The summed E-state index contributed by atoms with van der Waals surface area (Å²) in [6.45, 7) is 8.06. The molecule has 1 aromatic carbocycles. The van der Waals surface area contributed by atoms with Crippen LogP contribution in [0.2, 0.25) is 0 Å². The maximum absolute atomic E-state index is 12.6. The highest BCUT2D eigenvalue weighted by Crippen LogP contribution is 2.13. The summed E-state index contributed by atoms with van der Waals surface area (Å²) < 4.78 is 17.2. The molecule has 0 bridgehead atoms. The van der Waals surface area contributed by atoms with E-state index in [2.05, 4.69) is 15.4 Å². The van der Waals surface area contributed by atoms with E-state index in [1.807, 2.05) is 20.8 Å². The molecule has 0 aromatic heterocycles. The summed E-state index contributed by atoms with van der Waals surface area (Å²) in [6, 6.07) is 7.09. The molecule has 0 aliphatic carbocycles. The Bertz CT molecular complexity index is 415. The number of benzene rings is 1. The fourth-order valence-electron chi connectivity index (χ4n) is 1.89. The van der Waals surface area contributed by atoms with Crippen molar-refractivity contribution in [2.45, 2.75) is 45.3 Å². The Labute approximate surface area is 127 Å². The Morgan fingerprint density at radius 2 is 1.86 bits per heavy atom. The first-order chi connectivity index (χ1) is 9.90. The van der Waals surface area contributed by atoms with Crippen LogP contribution < -0.4 is 10.6 Å². The van der Waals surface area contributed by atoms with Crippen LogP contribution in [-0.4, -0.2) is 31.2 Å². The van der Waals surface area contributed by atoms with Crippen molar-refractivity contribution in [2.24, 2.45) is 0 Å². The lowest BCUT2D eigenvalue weighted by molar-refractivity contribution is -0.138. The van der Waals surface area contributed by atoms with Gasteiger partial charge in [-0.05, 0) is 71.0 Å². The molecular formula is C16H27FN2O2. The van der Waals surface area contributed by atoms with Gasteiger partial charge in [-0.1, -0.05) is 0 Å². The summed E-state index contributed by atoms with van der Waals surface area (Å²) in [4.78, 5) is 9.60. The maximum atomic E-state index is 12.6. The average Bonchev–Trinajstić information content (AvgIpc) is 2.42. The molecule has 5 heteroatoms. The van der Waals surface area contributed by atoms with E-state index >= 15 is 0 Å². The molecule has 1 fully saturated rings. The van der Waals surface area contributed by atoms with E-state index in [9.17, 15) is 9.18 Å². The summed E-state index contributed by atoms with van der Waals surface area (Å²) in [7, 11) is 0. The van der Waals surface area contributed by atoms with Gasteiger partial charge in [-0.15, -0.1) is 0 Å². The highest BCUT2D eigenvalue weighted by molar-refractivity contribution is 5.43. The normalized spacial score (nSPS) is 15.6. The van der Waals surface area contributed by atoms with Crippen LogP contribution in [0.3, 0.4) is 0 Å². The molecule has 120 valence electrons. The van der Waals surface area contributed by atoms with Crippen molar-refractivity contribution in [2.75, 3.05) is 18.4 Å². The zero-order valence-electron chi connectivity index (χ0n) is 13.0. The zero-order chi connectivity index (χ0) is 15.7. The van der Waals surface area contributed by atoms with Gasteiger partial charge in [0.2, 0.25) is 0 Å². The number of carbonyl (C=O) groups excluding carboxylic acids is 1. The van der Waals surface area contributed by atoms with E-state index in [0.29, 0.717) is 12.5 Å². The Morgan fingerprint density at radius 3 is 2.29 bits per heavy atom. The van der Waals surface area contributed by atoms with E-state index in [1.54, 1.807) is 12.1 Å². The van der Waals surface area contributed by atoms with E-state index in [1.165, 1.54) is 12.1 Å². The molecule has 0 radical (unpaired) electrons. The van der Waals surface area contributed by atoms with Crippen LogP contribution >= 0.6 is 0 Å². The first-order valence-electron chi connectivity index (χ1n) is 7.25. The standard InChI is InChI=1S/C11H15FN2.C5H10O2.H2/c12-9-1-3-10(4-2-9)14-11-5-7-13-8-6-11;1-5(2,3)7-4-6;/h1-4,11,13-14H,5-8H2;4H,1-3H3;1H. The van der Waals surface area contributed by atoms with Crippen LogP contribution in [-0.2, 0) is 9.53 Å². The Morgan fingerprint density at radius 1 is 1.29 bits per heavy atom. The molecule has 1 aliphatic rings. The third kappa shape index (κ3) is 8.30. The summed E-state index contributed by atoms with van der Waals surface area (Å²) in [5.41, 5.74) is 0.695. The van der Waals surface area contributed by atoms with Crippen molar-refractivity contribution in [3.05, 3.63) is 30.1 Å². The first-order valence-corrected chi connectivity index (χ1v) is 7.25. The average molecular weight is 298 g/mol. The van der Waals surface area contributed by atoms with Crippen LogP contribution in [0, 0.1) is 5.82 Å². The van der Waals surface area contributed by atoms with E-state index < -0.39 is 0 Å². The van der Waals surface area contributed by atoms with Gasteiger partial charge in [0.25, 0.3) is 6.47 Å². The molecule has 1 saturated heterocycles. The lowest BCUT2D eigenvalue weighted by atomic mass is 10.1. The second-order valence-electron chi connectivity index (χ2n) is 6.00. The fraction of sp³-hybridized carbons (Fsp3) is 0.562. The molecule has 0 unspecified atom stereocenters. The summed E-state index contributed by atoms with van der Waals surface area (Å²) >= 11 is 0. The number of nitrogens with one attached hydrogen (secondary N) is 2. The van der Waals surface area contributed by atoms with Gasteiger partial charge in [-0.3, -0.25) is 4.79 Å². The first kappa shape index (κ1) is 17.4. The molecule has 0 atom stereocenters. The minimum atomic E-state index is -0.318. The predicted molar refractivity (Wildman–Crippen MR) is 84.9 cm³/mol. The monoisotopic (exact) mass is 298 g/mol. The molecule has 21 heavy (non-hydrogen) atoms. The van der Waals surface area contributed by atoms with Crippen molar-refractivity contribution in [3.8, 4) is 0 Å². The summed E-state index contributed by atoms with van der Waals surface area (Å²) in [6.07, 6.45) is 2.27. The van der Waals surface area contributed by atoms with Crippen LogP contribution in [0.25, 0.3) is 0 Å². The van der Waals surface area contributed by atoms with Crippen molar-refractivity contribution in [1.29, 1.82) is 0 Å². The molecule has 0 spiro atoms. The van der Waals surface area contributed by atoms with E-state index in [4.69, 9.17) is 0 Å². The number of hydrogen-bond donors (Lipinski definition) is 2. The van der Waals surface area contributed by atoms with Crippen molar-refractivity contribution in [1.82, 2.24) is 5.32 Å². The van der Waals surface area contributed by atoms with E-state index in [0.717, 1.165) is 31.6 Å². The molecule has 1 aliphatic heterocycles. The SMILES string of the molecule is CC(C)(C)OC=O.Fc1ccc(NC2CCNCC2)cc1.[HH]. The smallest absolute Gasteiger partial charge is 0.293 e. The zero-order valence-corrected chi connectivity index (χ0v) is 13.0. The van der Waals surface area contributed by atoms with Crippen molar-refractivity contribution >= 4 is 12.2 Å². The van der Waals surface area contributed by atoms with Gasteiger partial charge in [0.15, 0.2) is 0 Å².